The van der Waals surface area contributed by atoms with Gasteiger partial charge in [0.05, 0.1) is 0 Å². The standard InChI is InChI=1S/C17H23Br4NOS/c1-3-12(2)13-4-6-16(7-5-13)24-17(23)22(10-14(20)8-18)11-15(21)9-19/h4-7,12,14-15H,3,8-11H2,1-2H3/t12-,14?,15?/m0/s1. The molecule has 2 unspecified atom stereocenters. The summed E-state index contributed by atoms with van der Waals surface area (Å²) in [5.74, 6) is 0.553. The number of nitrogens with zero attached hydrogens (tertiary/aromatic N) is 1. The number of carbonyl (C=O) groups excluding carboxylic acids is 1. The van der Waals surface area contributed by atoms with Crippen molar-refractivity contribution >= 4 is 80.7 Å². The first-order valence-electron chi connectivity index (χ1n) is 7.88. The lowest BCUT2D eigenvalue weighted by Gasteiger charge is -2.26. The van der Waals surface area contributed by atoms with E-state index in [1.54, 1.807) is 0 Å². The number of thioether (sulfide) groups is 1. The van der Waals surface area contributed by atoms with Gasteiger partial charge in [-0.2, -0.15) is 0 Å². The zero-order valence-corrected chi connectivity index (χ0v) is 21.0. The molecule has 0 bridgehead atoms. The lowest BCUT2D eigenvalue weighted by Crippen LogP contribution is -2.38. The number of carbonyl (C=O) groups is 1. The molecule has 1 aromatic carbocycles. The number of amides is 1. The Morgan fingerprint density at radius 1 is 1.08 bits per heavy atom. The zero-order chi connectivity index (χ0) is 18.1. The van der Waals surface area contributed by atoms with Crippen molar-refractivity contribution in [2.45, 2.75) is 40.7 Å². The molecule has 0 spiro atoms. The van der Waals surface area contributed by atoms with E-state index in [9.17, 15) is 4.79 Å². The van der Waals surface area contributed by atoms with Gasteiger partial charge in [0.2, 0.25) is 0 Å². The van der Waals surface area contributed by atoms with Crippen molar-refractivity contribution in [3.05, 3.63) is 29.8 Å². The normalized spacial score (nSPS) is 14.9. The fourth-order valence-electron chi connectivity index (χ4n) is 2.06. The highest BCUT2D eigenvalue weighted by Crippen LogP contribution is 2.26. The summed E-state index contributed by atoms with van der Waals surface area (Å²) in [6.45, 7) is 5.77. The van der Waals surface area contributed by atoms with E-state index in [-0.39, 0.29) is 14.9 Å². The lowest BCUT2D eigenvalue weighted by molar-refractivity contribution is 0.225. The molecular formula is C17H23Br4NOS. The average molecular weight is 609 g/mol. The van der Waals surface area contributed by atoms with Crippen LogP contribution in [0.15, 0.2) is 29.2 Å². The molecule has 7 heteroatoms. The quantitative estimate of drug-likeness (QED) is 0.222. The third-order valence-electron chi connectivity index (χ3n) is 3.70. The van der Waals surface area contributed by atoms with Crippen LogP contribution in [0.25, 0.3) is 0 Å². The van der Waals surface area contributed by atoms with Crippen molar-refractivity contribution in [1.82, 2.24) is 4.90 Å². The van der Waals surface area contributed by atoms with Gasteiger partial charge in [0.25, 0.3) is 5.24 Å². The number of hydrogen-bond acceptors (Lipinski definition) is 2. The smallest absolute Gasteiger partial charge is 0.286 e. The van der Waals surface area contributed by atoms with Gasteiger partial charge in [-0.1, -0.05) is 89.7 Å². The van der Waals surface area contributed by atoms with E-state index in [0.29, 0.717) is 19.0 Å². The fraction of sp³-hybridized carbons (Fsp3) is 0.588. The molecule has 1 amide bonds. The maximum atomic E-state index is 12.7. The Morgan fingerprint density at radius 3 is 2.00 bits per heavy atom. The van der Waals surface area contributed by atoms with E-state index >= 15 is 0 Å². The van der Waals surface area contributed by atoms with Crippen LogP contribution in [-0.4, -0.2) is 43.5 Å². The van der Waals surface area contributed by atoms with E-state index < -0.39 is 0 Å². The second-order valence-electron chi connectivity index (χ2n) is 5.65. The molecule has 2 nitrogen and oxygen atoms in total. The minimum Gasteiger partial charge on any atom is -0.331 e. The summed E-state index contributed by atoms with van der Waals surface area (Å²) in [6, 6.07) is 8.36. The van der Waals surface area contributed by atoms with Crippen LogP contribution in [0.1, 0.15) is 31.7 Å². The Bertz CT molecular complexity index is 488. The molecule has 1 aromatic rings. The molecule has 136 valence electrons. The van der Waals surface area contributed by atoms with Crippen LogP contribution in [0.2, 0.25) is 0 Å². The van der Waals surface area contributed by atoms with Gasteiger partial charge in [-0.3, -0.25) is 4.79 Å². The second-order valence-corrected chi connectivity index (χ2v) is 10.6. The van der Waals surface area contributed by atoms with Crippen molar-refractivity contribution in [1.29, 1.82) is 0 Å². The highest BCUT2D eigenvalue weighted by Gasteiger charge is 2.21. The van der Waals surface area contributed by atoms with Gasteiger partial charge in [-0.15, -0.1) is 0 Å². The molecule has 0 heterocycles. The maximum absolute atomic E-state index is 12.7. The topological polar surface area (TPSA) is 20.3 Å². The monoisotopic (exact) mass is 605 g/mol. The minimum absolute atomic E-state index is 0.0853. The van der Waals surface area contributed by atoms with Crippen LogP contribution in [0.3, 0.4) is 0 Å². The van der Waals surface area contributed by atoms with Crippen molar-refractivity contribution in [3.63, 3.8) is 0 Å². The molecule has 0 saturated carbocycles. The van der Waals surface area contributed by atoms with Crippen LogP contribution < -0.4 is 0 Å². The van der Waals surface area contributed by atoms with Crippen molar-refractivity contribution in [2.24, 2.45) is 0 Å². The van der Waals surface area contributed by atoms with Crippen molar-refractivity contribution < 1.29 is 4.79 Å². The number of halogens is 4. The first kappa shape index (κ1) is 23.0. The second kappa shape index (κ2) is 12.4. The summed E-state index contributed by atoms with van der Waals surface area (Å²) in [5, 5.41) is 1.71. The van der Waals surface area contributed by atoms with Crippen LogP contribution in [-0.2, 0) is 0 Å². The number of hydrogen-bond donors (Lipinski definition) is 0. The molecule has 0 aliphatic carbocycles. The predicted molar refractivity (Wildman–Crippen MR) is 121 cm³/mol. The minimum atomic E-state index is 0.0853. The summed E-state index contributed by atoms with van der Waals surface area (Å²) in [4.78, 5) is 16.1. The third kappa shape index (κ3) is 8.11. The maximum Gasteiger partial charge on any atom is 0.286 e. The highest BCUT2D eigenvalue weighted by molar-refractivity contribution is 9.12. The molecule has 1 rings (SSSR count). The van der Waals surface area contributed by atoms with E-state index in [2.05, 4.69) is 102 Å². The van der Waals surface area contributed by atoms with Gasteiger partial charge in [0.1, 0.15) is 0 Å². The Balaban J connectivity index is 2.75. The zero-order valence-electron chi connectivity index (χ0n) is 13.9. The summed E-state index contributed by atoms with van der Waals surface area (Å²) in [5.41, 5.74) is 1.32. The van der Waals surface area contributed by atoms with Crippen molar-refractivity contribution in [2.75, 3.05) is 23.7 Å². The number of benzene rings is 1. The van der Waals surface area contributed by atoms with Crippen molar-refractivity contribution in [3.8, 4) is 0 Å². The molecule has 0 N–H and O–H groups in total. The van der Waals surface area contributed by atoms with Gasteiger partial charge in [-0.05, 0) is 41.8 Å². The Labute approximate surface area is 183 Å². The van der Waals surface area contributed by atoms with Crippen LogP contribution in [0.4, 0.5) is 4.79 Å². The molecule has 0 aliphatic rings. The van der Waals surface area contributed by atoms with Gasteiger partial charge >= 0.3 is 0 Å². The molecular weight excluding hydrogens is 586 g/mol. The Kier molecular flexibility index (Phi) is 11.9. The largest absolute Gasteiger partial charge is 0.331 e. The van der Waals surface area contributed by atoms with Crippen LogP contribution >= 0.6 is 75.5 Å². The average Bonchev–Trinajstić information content (AvgIpc) is 2.60. The molecule has 24 heavy (non-hydrogen) atoms. The Hall–Kier alpha value is 0.960. The summed E-state index contributed by atoms with van der Waals surface area (Å²) < 4.78 is 0. The SMILES string of the molecule is CC[C@H](C)c1ccc(SC(=O)N(CC(Br)CBr)CC(Br)CBr)cc1. The third-order valence-corrected chi connectivity index (χ3v) is 9.16. The Morgan fingerprint density at radius 2 is 1.58 bits per heavy atom. The molecule has 0 aliphatic heterocycles. The predicted octanol–water partition coefficient (Wildman–Crippen LogP) is 7.03. The summed E-state index contributed by atoms with van der Waals surface area (Å²) in [7, 11) is 0. The first-order valence-corrected chi connectivity index (χ1v) is 12.8. The number of alkyl halides is 4. The molecule has 0 fully saturated rings. The van der Waals surface area contributed by atoms with Gasteiger partial charge < -0.3 is 4.90 Å². The van der Waals surface area contributed by atoms with E-state index in [4.69, 9.17) is 0 Å². The first-order chi connectivity index (χ1) is 11.4. The van der Waals surface area contributed by atoms with Gasteiger partial charge in [0.15, 0.2) is 0 Å². The van der Waals surface area contributed by atoms with Crippen LogP contribution in [0, 0.1) is 0 Å². The van der Waals surface area contributed by atoms with Crippen LogP contribution in [0.5, 0.6) is 0 Å². The van der Waals surface area contributed by atoms with E-state index in [1.807, 2.05) is 4.90 Å². The molecule has 0 radical (unpaired) electrons. The highest BCUT2D eigenvalue weighted by atomic mass is 79.9. The number of rotatable bonds is 9. The van der Waals surface area contributed by atoms with Gasteiger partial charge in [-0.25, -0.2) is 0 Å². The summed E-state index contributed by atoms with van der Waals surface area (Å²) in [6.07, 6.45) is 1.12. The molecule has 0 aromatic heterocycles. The van der Waals surface area contributed by atoms with E-state index in [1.165, 1.54) is 17.3 Å². The summed E-state index contributed by atoms with van der Waals surface area (Å²) >= 11 is 15.4. The fourth-order valence-corrected chi connectivity index (χ4v) is 3.93. The molecule has 0 saturated heterocycles. The van der Waals surface area contributed by atoms with E-state index in [0.717, 1.165) is 22.0 Å². The molecule has 3 atom stereocenters. The lowest BCUT2D eigenvalue weighted by atomic mass is 9.99. The van der Waals surface area contributed by atoms with Gasteiger partial charge in [0, 0.05) is 38.3 Å².